The Morgan fingerprint density at radius 2 is 1.91 bits per heavy atom. The van der Waals surface area contributed by atoms with Gasteiger partial charge in [0.15, 0.2) is 11.5 Å². The number of ether oxygens (including phenoxy) is 2. The van der Waals surface area contributed by atoms with Gasteiger partial charge in [-0.1, -0.05) is 36.4 Å². The van der Waals surface area contributed by atoms with Gasteiger partial charge in [0.1, 0.15) is 6.10 Å². The summed E-state index contributed by atoms with van der Waals surface area (Å²) in [6.45, 7) is 2.69. The SMILES string of the molecule is COc1ccc2c3c1O[C@H]1[C@H](N(C)Cc4ccccc4)CC[C@@]4(O)[C@@H]([C@@H]2O)N(CC2CC2)CC[C@]314. The van der Waals surface area contributed by atoms with Crippen molar-refractivity contribution < 1.29 is 19.7 Å². The Labute approximate surface area is 207 Å². The van der Waals surface area contributed by atoms with Crippen molar-refractivity contribution in [3.05, 3.63) is 59.2 Å². The molecule has 2 heterocycles. The molecule has 2 aromatic rings. The van der Waals surface area contributed by atoms with Crippen LogP contribution >= 0.6 is 0 Å². The van der Waals surface area contributed by atoms with Gasteiger partial charge < -0.3 is 19.7 Å². The van der Waals surface area contributed by atoms with E-state index in [4.69, 9.17) is 9.47 Å². The van der Waals surface area contributed by atoms with Crippen molar-refractivity contribution in [3.8, 4) is 11.5 Å². The van der Waals surface area contributed by atoms with Gasteiger partial charge >= 0.3 is 0 Å². The second-order valence-corrected chi connectivity index (χ2v) is 11.6. The maximum absolute atomic E-state index is 12.7. The predicted molar refractivity (Wildman–Crippen MR) is 133 cm³/mol. The van der Waals surface area contributed by atoms with Gasteiger partial charge in [-0.3, -0.25) is 9.80 Å². The molecule has 7 rings (SSSR count). The van der Waals surface area contributed by atoms with Crippen LogP contribution in [0, 0.1) is 5.92 Å². The van der Waals surface area contributed by atoms with Gasteiger partial charge in [-0.15, -0.1) is 0 Å². The molecule has 0 aromatic heterocycles. The highest BCUT2D eigenvalue weighted by atomic mass is 16.5. The standard InChI is InChI=1S/C29H36N2O4/c1-30(16-18-6-4-3-5-7-18)21-12-13-29(33)26-24(32)20-10-11-22(34-2)25-23(20)28(29,27(21)35-25)14-15-31(26)17-19-8-9-19/h3-7,10-11,19,21,24,26-27,32-33H,8-9,12-17H2,1-2H3/t21-,24-,26-,27+,28+,29-/m1/s1. The number of nitrogens with zero attached hydrogens (tertiary/aromatic N) is 2. The molecule has 6 nitrogen and oxygen atoms in total. The van der Waals surface area contributed by atoms with Crippen molar-refractivity contribution in [2.24, 2.45) is 5.92 Å². The van der Waals surface area contributed by atoms with Crippen LogP contribution in [0.4, 0.5) is 0 Å². The minimum atomic E-state index is -1.03. The maximum Gasteiger partial charge on any atom is 0.166 e. The summed E-state index contributed by atoms with van der Waals surface area (Å²) >= 11 is 0. The lowest BCUT2D eigenvalue weighted by atomic mass is 9.47. The molecule has 3 fully saturated rings. The van der Waals surface area contributed by atoms with Crippen molar-refractivity contribution in [2.45, 2.75) is 74.0 Å². The summed E-state index contributed by atoms with van der Waals surface area (Å²) in [5.74, 6) is 2.14. The third kappa shape index (κ3) is 2.91. The normalized spacial score (nSPS) is 37.2. The number of aliphatic hydroxyl groups excluding tert-OH is 1. The Morgan fingerprint density at radius 1 is 1.11 bits per heavy atom. The van der Waals surface area contributed by atoms with E-state index in [0.29, 0.717) is 18.1 Å². The largest absolute Gasteiger partial charge is 0.493 e. The van der Waals surface area contributed by atoms with Crippen LogP contribution in [0.2, 0.25) is 0 Å². The average Bonchev–Trinajstić information content (AvgIpc) is 3.60. The monoisotopic (exact) mass is 476 g/mol. The summed E-state index contributed by atoms with van der Waals surface area (Å²) in [5, 5.41) is 24.4. The number of hydrogen-bond acceptors (Lipinski definition) is 6. The van der Waals surface area contributed by atoms with Crippen LogP contribution in [0.25, 0.3) is 0 Å². The highest BCUT2D eigenvalue weighted by molar-refractivity contribution is 5.63. The predicted octanol–water partition coefficient (Wildman–Crippen LogP) is 3.25. The molecule has 2 bridgehead atoms. The van der Waals surface area contributed by atoms with Gasteiger partial charge in [0.2, 0.25) is 0 Å². The molecule has 1 saturated heterocycles. The molecule has 1 spiro atoms. The highest BCUT2D eigenvalue weighted by Crippen LogP contribution is 2.67. The quantitative estimate of drug-likeness (QED) is 0.667. The molecule has 186 valence electrons. The minimum Gasteiger partial charge on any atom is -0.493 e. The van der Waals surface area contributed by atoms with Crippen LogP contribution in [-0.2, 0) is 12.0 Å². The van der Waals surface area contributed by atoms with E-state index in [1.807, 2.05) is 12.1 Å². The fourth-order valence-corrected chi connectivity index (χ4v) is 8.11. The topological polar surface area (TPSA) is 65.4 Å². The van der Waals surface area contributed by atoms with Gasteiger partial charge in [0.25, 0.3) is 0 Å². The number of benzene rings is 2. The van der Waals surface area contributed by atoms with Gasteiger partial charge in [0, 0.05) is 24.7 Å². The zero-order chi connectivity index (χ0) is 23.9. The van der Waals surface area contributed by atoms with Gasteiger partial charge in [-0.25, -0.2) is 0 Å². The molecule has 0 radical (unpaired) electrons. The molecule has 2 N–H and O–H groups in total. The Bertz CT molecular complexity index is 1140. The Morgan fingerprint density at radius 3 is 2.66 bits per heavy atom. The summed E-state index contributed by atoms with van der Waals surface area (Å²) in [5.41, 5.74) is 1.64. The Hall–Kier alpha value is -2.12. The second kappa shape index (κ2) is 7.69. The van der Waals surface area contributed by atoms with E-state index in [9.17, 15) is 10.2 Å². The average molecular weight is 477 g/mol. The zero-order valence-electron chi connectivity index (χ0n) is 20.7. The number of likely N-dealkylation sites (tertiary alicyclic amines) is 1. The van der Waals surface area contributed by atoms with Crippen molar-refractivity contribution >= 4 is 0 Å². The number of methoxy groups -OCH3 is 1. The van der Waals surface area contributed by atoms with E-state index < -0.39 is 17.1 Å². The van der Waals surface area contributed by atoms with Crippen LogP contribution in [0.15, 0.2) is 42.5 Å². The molecular formula is C29H36N2O4. The second-order valence-electron chi connectivity index (χ2n) is 11.6. The first-order valence-corrected chi connectivity index (χ1v) is 13.2. The van der Waals surface area contributed by atoms with E-state index in [0.717, 1.165) is 49.4 Å². The molecule has 3 aliphatic carbocycles. The number of rotatable bonds is 6. The third-order valence-corrected chi connectivity index (χ3v) is 9.82. The number of piperidine rings is 1. The Balaban J connectivity index is 1.35. The molecular weight excluding hydrogens is 440 g/mol. The smallest absolute Gasteiger partial charge is 0.166 e. The summed E-state index contributed by atoms with van der Waals surface area (Å²) in [6, 6.07) is 14.4. The highest BCUT2D eigenvalue weighted by Gasteiger charge is 2.75. The lowest BCUT2D eigenvalue weighted by Gasteiger charge is -2.65. The van der Waals surface area contributed by atoms with Crippen LogP contribution in [0.1, 0.15) is 54.9 Å². The van der Waals surface area contributed by atoms with Gasteiger partial charge in [-0.2, -0.15) is 0 Å². The number of aliphatic hydroxyl groups is 2. The number of likely N-dealkylation sites (N-methyl/N-ethyl adjacent to an activating group) is 1. The number of hydrogen-bond donors (Lipinski definition) is 2. The molecule has 35 heavy (non-hydrogen) atoms. The van der Waals surface area contributed by atoms with Crippen molar-refractivity contribution in [2.75, 3.05) is 27.2 Å². The first-order chi connectivity index (χ1) is 17.0. The van der Waals surface area contributed by atoms with E-state index in [-0.39, 0.29) is 18.2 Å². The van der Waals surface area contributed by atoms with E-state index in [2.05, 4.69) is 47.2 Å². The lowest BCUT2D eigenvalue weighted by molar-refractivity contribution is -0.223. The summed E-state index contributed by atoms with van der Waals surface area (Å²) in [6.07, 6.45) is 3.95. The van der Waals surface area contributed by atoms with Crippen LogP contribution in [0.3, 0.4) is 0 Å². The zero-order valence-corrected chi connectivity index (χ0v) is 20.7. The summed E-state index contributed by atoms with van der Waals surface area (Å²) < 4.78 is 12.6. The fraction of sp³-hybridized carbons (Fsp3) is 0.586. The molecule has 5 aliphatic rings. The van der Waals surface area contributed by atoms with Crippen molar-refractivity contribution in [1.82, 2.24) is 9.80 Å². The van der Waals surface area contributed by atoms with Crippen LogP contribution < -0.4 is 9.47 Å². The molecule has 0 unspecified atom stereocenters. The van der Waals surface area contributed by atoms with E-state index in [1.165, 1.54) is 18.4 Å². The Kier molecular flexibility index (Phi) is 4.86. The van der Waals surface area contributed by atoms with Crippen LogP contribution in [-0.4, -0.2) is 71.0 Å². The maximum atomic E-state index is 12.7. The molecule has 2 saturated carbocycles. The summed E-state index contributed by atoms with van der Waals surface area (Å²) in [4.78, 5) is 4.81. The molecule has 6 atom stereocenters. The third-order valence-electron chi connectivity index (χ3n) is 9.82. The van der Waals surface area contributed by atoms with Crippen molar-refractivity contribution in [1.29, 1.82) is 0 Å². The molecule has 0 amide bonds. The van der Waals surface area contributed by atoms with E-state index in [1.54, 1.807) is 7.11 Å². The van der Waals surface area contributed by atoms with Crippen LogP contribution in [0.5, 0.6) is 11.5 Å². The first-order valence-electron chi connectivity index (χ1n) is 13.2. The fourth-order valence-electron chi connectivity index (χ4n) is 8.11. The lowest BCUT2D eigenvalue weighted by Crippen LogP contribution is -2.78. The summed E-state index contributed by atoms with van der Waals surface area (Å²) in [7, 11) is 3.85. The van der Waals surface area contributed by atoms with E-state index >= 15 is 0 Å². The minimum absolute atomic E-state index is 0.159. The first kappa shape index (κ1) is 22.1. The van der Waals surface area contributed by atoms with Gasteiger partial charge in [0.05, 0.1) is 30.3 Å². The molecule has 2 aliphatic heterocycles. The van der Waals surface area contributed by atoms with Crippen molar-refractivity contribution in [3.63, 3.8) is 0 Å². The molecule has 6 heteroatoms. The molecule has 2 aromatic carbocycles. The van der Waals surface area contributed by atoms with Gasteiger partial charge in [-0.05, 0) is 68.8 Å².